The Labute approximate surface area is 205 Å². The summed E-state index contributed by atoms with van der Waals surface area (Å²) in [6, 6.07) is 14.7. The predicted molar refractivity (Wildman–Crippen MR) is 128 cm³/mol. The van der Waals surface area contributed by atoms with E-state index < -0.39 is 11.7 Å². The van der Waals surface area contributed by atoms with E-state index in [4.69, 9.17) is 0 Å². The van der Waals surface area contributed by atoms with Crippen LogP contribution in [-0.4, -0.2) is 25.2 Å². The van der Waals surface area contributed by atoms with E-state index in [1.807, 2.05) is 38.1 Å². The summed E-state index contributed by atoms with van der Waals surface area (Å²) >= 11 is 0. The molecule has 0 atom stereocenters. The van der Waals surface area contributed by atoms with Gasteiger partial charge < -0.3 is 9.88 Å². The van der Waals surface area contributed by atoms with E-state index in [1.165, 1.54) is 23.0 Å². The highest BCUT2D eigenvalue weighted by atomic mass is 19.4. The molecule has 7 nitrogen and oxygen atoms in total. The number of amides is 1. The van der Waals surface area contributed by atoms with Crippen LogP contribution in [0.1, 0.15) is 52.5 Å². The van der Waals surface area contributed by atoms with Gasteiger partial charge in [-0.05, 0) is 35.2 Å². The normalized spacial score (nSPS) is 11.6. The molecule has 0 spiro atoms. The van der Waals surface area contributed by atoms with Crippen molar-refractivity contribution >= 4 is 5.91 Å². The summed E-state index contributed by atoms with van der Waals surface area (Å²) in [5.41, 5.74) is 1.75. The molecule has 10 heteroatoms. The number of pyridine rings is 2. The van der Waals surface area contributed by atoms with E-state index >= 15 is 0 Å². The van der Waals surface area contributed by atoms with Crippen molar-refractivity contribution in [2.75, 3.05) is 0 Å². The van der Waals surface area contributed by atoms with Crippen molar-refractivity contribution in [2.24, 2.45) is 0 Å². The minimum atomic E-state index is -4.49. The van der Waals surface area contributed by atoms with E-state index in [2.05, 4.69) is 15.4 Å². The Kier molecular flexibility index (Phi) is 7.05. The fourth-order valence-electron chi connectivity index (χ4n) is 3.78. The highest BCUT2D eigenvalue weighted by Gasteiger charge is 2.31. The first-order valence-corrected chi connectivity index (χ1v) is 11.3. The van der Waals surface area contributed by atoms with Crippen LogP contribution < -0.4 is 10.9 Å². The molecule has 1 N–H and O–H groups in total. The second-order valence-electron chi connectivity index (χ2n) is 8.58. The summed E-state index contributed by atoms with van der Waals surface area (Å²) in [4.78, 5) is 28.7. The molecule has 4 aromatic rings. The van der Waals surface area contributed by atoms with E-state index in [0.717, 1.165) is 23.4 Å². The van der Waals surface area contributed by atoms with Crippen LogP contribution in [0.2, 0.25) is 0 Å². The Bertz CT molecular complexity index is 1410. The summed E-state index contributed by atoms with van der Waals surface area (Å²) in [6.07, 6.45) is -0.619. The molecule has 4 rings (SSSR count). The summed E-state index contributed by atoms with van der Waals surface area (Å²) in [6.45, 7) is 4.45. The van der Waals surface area contributed by atoms with Crippen LogP contribution in [0.5, 0.6) is 0 Å². The number of benzene rings is 1. The molecule has 1 amide bonds. The van der Waals surface area contributed by atoms with Crippen LogP contribution in [0, 0.1) is 0 Å². The van der Waals surface area contributed by atoms with Crippen LogP contribution in [0.25, 0.3) is 5.82 Å². The molecule has 0 aliphatic rings. The fourth-order valence-corrected chi connectivity index (χ4v) is 3.78. The molecule has 186 valence electrons. The molecule has 0 unspecified atom stereocenters. The maximum Gasteiger partial charge on any atom is 0.417 e. The molecular formula is C26H24F3N5O2. The summed E-state index contributed by atoms with van der Waals surface area (Å²) in [5, 5.41) is 7.08. The van der Waals surface area contributed by atoms with Gasteiger partial charge in [0.15, 0.2) is 5.82 Å². The fraction of sp³-hybridized carbons (Fsp3) is 0.231. The van der Waals surface area contributed by atoms with Gasteiger partial charge in [0.25, 0.3) is 11.5 Å². The highest BCUT2D eigenvalue weighted by molar-refractivity contribution is 5.95. The van der Waals surface area contributed by atoms with Crippen LogP contribution in [0.4, 0.5) is 13.2 Å². The molecule has 0 aliphatic heterocycles. The van der Waals surface area contributed by atoms with Gasteiger partial charge in [-0.25, -0.2) is 9.67 Å². The zero-order valence-corrected chi connectivity index (χ0v) is 19.7. The van der Waals surface area contributed by atoms with Crippen LogP contribution in [0.15, 0.2) is 78.0 Å². The molecule has 0 radical (unpaired) electrons. The Balaban J connectivity index is 1.46. The number of aromatic nitrogens is 4. The van der Waals surface area contributed by atoms with Gasteiger partial charge in [-0.1, -0.05) is 44.2 Å². The third-order valence-electron chi connectivity index (χ3n) is 5.62. The molecule has 1 aromatic carbocycles. The van der Waals surface area contributed by atoms with Gasteiger partial charge in [0.2, 0.25) is 0 Å². The Morgan fingerprint density at radius 2 is 1.72 bits per heavy atom. The first-order chi connectivity index (χ1) is 17.1. The zero-order valence-electron chi connectivity index (χ0n) is 19.7. The lowest BCUT2D eigenvalue weighted by Crippen LogP contribution is -2.24. The van der Waals surface area contributed by atoms with Gasteiger partial charge in [-0.15, -0.1) is 0 Å². The van der Waals surface area contributed by atoms with Gasteiger partial charge in [0.1, 0.15) is 0 Å². The summed E-state index contributed by atoms with van der Waals surface area (Å²) < 4.78 is 41.6. The van der Waals surface area contributed by atoms with E-state index in [-0.39, 0.29) is 29.7 Å². The minimum absolute atomic E-state index is 0.0816. The first-order valence-electron chi connectivity index (χ1n) is 11.3. The van der Waals surface area contributed by atoms with Gasteiger partial charge >= 0.3 is 6.18 Å². The number of hydrogen-bond donors (Lipinski definition) is 1. The summed E-state index contributed by atoms with van der Waals surface area (Å²) in [5.74, 6) is -0.298. The smallest absolute Gasteiger partial charge is 0.348 e. The molecule has 0 saturated carbocycles. The van der Waals surface area contributed by atoms with E-state index in [0.29, 0.717) is 17.8 Å². The molecular weight excluding hydrogens is 471 g/mol. The number of alkyl halides is 3. The topological polar surface area (TPSA) is 81.8 Å². The number of rotatable bonds is 7. The average Bonchev–Trinajstić information content (AvgIpc) is 3.30. The van der Waals surface area contributed by atoms with Crippen molar-refractivity contribution in [3.8, 4) is 5.82 Å². The molecule has 0 aliphatic carbocycles. The number of nitrogens with zero attached hydrogens (tertiary/aromatic N) is 4. The van der Waals surface area contributed by atoms with Gasteiger partial charge in [0, 0.05) is 25.0 Å². The number of carbonyl (C=O) groups is 1. The highest BCUT2D eigenvalue weighted by Crippen LogP contribution is 2.29. The molecule has 0 bridgehead atoms. The molecule has 3 aromatic heterocycles. The lowest BCUT2D eigenvalue weighted by molar-refractivity contribution is -0.137. The minimum Gasteiger partial charge on any atom is -0.348 e. The number of carbonyl (C=O) groups excluding carboxylic acids is 1. The molecule has 0 fully saturated rings. The lowest BCUT2D eigenvalue weighted by Gasteiger charge is -2.13. The average molecular weight is 496 g/mol. The van der Waals surface area contributed by atoms with Gasteiger partial charge in [-0.3, -0.25) is 9.59 Å². The second kappa shape index (κ2) is 10.2. The molecule has 3 heterocycles. The largest absolute Gasteiger partial charge is 0.417 e. The van der Waals surface area contributed by atoms with Crippen LogP contribution in [-0.2, 0) is 19.3 Å². The maximum atomic E-state index is 12.9. The van der Waals surface area contributed by atoms with Crippen molar-refractivity contribution in [1.82, 2.24) is 24.6 Å². The third-order valence-corrected chi connectivity index (χ3v) is 5.62. The van der Waals surface area contributed by atoms with Crippen molar-refractivity contribution in [1.29, 1.82) is 0 Å². The Morgan fingerprint density at radius 1 is 1.00 bits per heavy atom. The van der Waals surface area contributed by atoms with E-state index in [9.17, 15) is 22.8 Å². The van der Waals surface area contributed by atoms with Gasteiger partial charge in [0.05, 0.1) is 29.6 Å². The monoisotopic (exact) mass is 495 g/mol. The Morgan fingerprint density at radius 3 is 2.33 bits per heavy atom. The van der Waals surface area contributed by atoms with Gasteiger partial charge in [-0.2, -0.15) is 18.3 Å². The van der Waals surface area contributed by atoms with E-state index in [1.54, 1.807) is 22.9 Å². The quantitative estimate of drug-likeness (QED) is 0.408. The van der Waals surface area contributed by atoms with Crippen molar-refractivity contribution in [3.63, 3.8) is 0 Å². The third kappa shape index (κ3) is 5.54. The standard InChI is InChI=1S/C26H24F3N5O2/c1-17(2)24-21(15-32-34(24)22-11-10-20(14-30-22)26(27,28)29)25(36)31-13-18-6-8-19(9-7-18)16-33-12-4-3-5-23(33)35/h3-12,14-15,17H,13,16H2,1-2H3,(H,31,36). The Hall–Kier alpha value is -4.21. The number of halogens is 3. The second-order valence-corrected chi connectivity index (χ2v) is 8.58. The zero-order chi connectivity index (χ0) is 25.9. The molecule has 0 saturated heterocycles. The SMILES string of the molecule is CC(C)c1c(C(=O)NCc2ccc(Cn3ccccc3=O)cc2)cnn1-c1ccc(C(F)(F)F)cn1. The van der Waals surface area contributed by atoms with Crippen molar-refractivity contribution in [3.05, 3.63) is 111 Å². The summed E-state index contributed by atoms with van der Waals surface area (Å²) in [7, 11) is 0. The first kappa shape index (κ1) is 24.9. The van der Waals surface area contributed by atoms with Crippen LogP contribution >= 0.6 is 0 Å². The predicted octanol–water partition coefficient (Wildman–Crippen LogP) is 4.55. The van der Waals surface area contributed by atoms with Crippen molar-refractivity contribution in [2.45, 2.75) is 39.0 Å². The maximum absolute atomic E-state index is 12.9. The van der Waals surface area contributed by atoms with Crippen molar-refractivity contribution < 1.29 is 18.0 Å². The number of hydrogen-bond acceptors (Lipinski definition) is 4. The lowest BCUT2D eigenvalue weighted by atomic mass is 10.0. The molecule has 36 heavy (non-hydrogen) atoms. The van der Waals surface area contributed by atoms with Crippen LogP contribution in [0.3, 0.4) is 0 Å². The number of nitrogens with one attached hydrogen (secondary N) is 1.